The molecule has 1 unspecified atom stereocenters. The smallest absolute Gasteiger partial charge is 0.225 e. The van der Waals surface area contributed by atoms with Gasteiger partial charge in [-0.1, -0.05) is 6.07 Å². The van der Waals surface area contributed by atoms with Crippen LogP contribution in [0.2, 0.25) is 0 Å². The zero-order chi connectivity index (χ0) is 21.8. The molecule has 3 aromatic rings. The number of nitrogens with zero attached hydrogens (tertiary/aromatic N) is 7. The van der Waals surface area contributed by atoms with Gasteiger partial charge in [0.1, 0.15) is 0 Å². The maximum absolute atomic E-state index is 5.20. The van der Waals surface area contributed by atoms with E-state index in [0.717, 1.165) is 75.0 Å². The summed E-state index contributed by atoms with van der Waals surface area (Å²) in [5.74, 6) is 1.25. The van der Waals surface area contributed by atoms with Gasteiger partial charge in [0, 0.05) is 75.5 Å². The minimum absolute atomic E-state index is 0.379. The van der Waals surface area contributed by atoms with Crippen LogP contribution in [0.4, 0.5) is 5.95 Å². The first-order valence-corrected chi connectivity index (χ1v) is 11.6. The van der Waals surface area contributed by atoms with E-state index in [1.165, 1.54) is 12.1 Å². The van der Waals surface area contributed by atoms with E-state index < -0.39 is 0 Å². The fourth-order valence-electron chi connectivity index (χ4n) is 4.75. The molecule has 0 aromatic carbocycles. The molecule has 0 spiro atoms. The summed E-state index contributed by atoms with van der Waals surface area (Å²) < 4.78 is 0. The van der Waals surface area contributed by atoms with Crippen molar-refractivity contribution in [1.82, 2.24) is 29.7 Å². The predicted octanol–water partition coefficient (Wildman–Crippen LogP) is 3.07. The van der Waals surface area contributed by atoms with E-state index >= 15 is 0 Å². The van der Waals surface area contributed by atoms with E-state index in [0.29, 0.717) is 5.92 Å². The number of likely N-dealkylation sites (N-methyl/N-ethyl adjacent to an activating group) is 1. The molecule has 2 aliphatic rings. The molecule has 32 heavy (non-hydrogen) atoms. The number of piperidine rings is 1. The summed E-state index contributed by atoms with van der Waals surface area (Å²) in [6, 6.07) is 10.3. The Balaban J connectivity index is 1.43. The molecular weight excluding hydrogens is 398 g/mol. The standard InChI is InChI=1S/C25H31N7/c1-30-13-15-32(16-14-30)25-28-17-23(20-7-10-26-11-8-20)24(29-25)21-5-4-12-31(18-21)19-22-6-2-3-9-27-22/h2-3,6-11,17,21H,4-5,12-16,18-19H2,1H3. The van der Waals surface area contributed by atoms with Crippen LogP contribution in [-0.4, -0.2) is 76.1 Å². The first kappa shape index (κ1) is 21.0. The summed E-state index contributed by atoms with van der Waals surface area (Å²) in [5.41, 5.74) is 4.57. The average molecular weight is 430 g/mol. The van der Waals surface area contributed by atoms with Crippen molar-refractivity contribution in [3.05, 3.63) is 66.5 Å². The lowest BCUT2D eigenvalue weighted by molar-refractivity contribution is 0.196. The van der Waals surface area contributed by atoms with Crippen LogP contribution in [0, 0.1) is 0 Å². The molecule has 2 aliphatic heterocycles. The van der Waals surface area contributed by atoms with Gasteiger partial charge >= 0.3 is 0 Å². The van der Waals surface area contributed by atoms with Gasteiger partial charge in [0.25, 0.3) is 0 Å². The topological polar surface area (TPSA) is 61.3 Å². The number of anilines is 1. The van der Waals surface area contributed by atoms with Gasteiger partial charge < -0.3 is 9.80 Å². The molecule has 7 nitrogen and oxygen atoms in total. The van der Waals surface area contributed by atoms with Crippen LogP contribution < -0.4 is 4.90 Å². The highest BCUT2D eigenvalue weighted by molar-refractivity contribution is 5.66. The Labute approximate surface area is 190 Å². The fourth-order valence-corrected chi connectivity index (χ4v) is 4.75. The normalized spacial score (nSPS) is 20.4. The summed E-state index contributed by atoms with van der Waals surface area (Å²) in [4.78, 5) is 25.9. The molecular formula is C25H31N7. The second kappa shape index (κ2) is 9.71. The number of rotatable bonds is 5. The third-order valence-electron chi connectivity index (χ3n) is 6.59. The van der Waals surface area contributed by atoms with E-state index in [1.54, 1.807) is 0 Å². The van der Waals surface area contributed by atoms with Crippen molar-refractivity contribution in [2.45, 2.75) is 25.3 Å². The van der Waals surface area contributed by atoms with Crippen molar-refractivity contribution < 1.29 is 0 Å². The van der Waals surface area contributed by atoms with Crippen molar-refractivity contribution in [2.24, 2.45) is 0 Å². The average Bonchev–Trinajstić information content (AvgIpc) is 2.85. The van der Waals surface area contributed by atoms with E-state index in [1.807, 2.05) is 30.9 Å². The van der Waals surface area contributed by atoms with Gasteiger partial charge in [0.05, 0.1) is 11.4 Å². The minimum Gasteiger partial charge on any atom is -0.338 e. The minimum atomic E-state index is 0.379. The van der Waals surface area contributed by atoms with E-state index in [-0.39, 0.29) is 0 Å². The van der Waals surface area contributed by atoms with Crippen molar-refractivity contribution >= 4 is 5.95 Å². The van der Waals surface area contributed by atoms with Gasteiger partial charge in [0.15, 0.2) is 0 Å². The maximum Gasteiger partial charge on any atom is 0.225 e. The van der Waals surface area contributed by atoms with Crippen LogP contribution in [-0.2, 0) is 6.54 Å². The third-order valence-corrected chi connectivity index (χ3v) is 6.59. The van der Waals surface area contributed by atoms with E-state index in [4.69, 9.17) is 9.97 Å². The molecule has 0 amide bonds. The molecule has 166 valence electrons. The lowest BCUT2D eigenvalue weighted by Crippen LogP contribution is -2.45. The van der Waals surface area contributed by atoms with Gasteiger partial charge in [-0.05, 0) is 56.3 Å². The third kappa shape index (κ3) is 4.79. The molecule has 2 fully saturated rings. The molecule has 0 radical (unpaired) electrons. The van der Waals surface area contributed by atoms with Crippen molar-refractivity contribution in [1.29, 1.82) is 0 Å². The summed E-state index contributed by atoms with van der Waals surface area (Å²) in [5, 5.41) is 0. The quantitative estimate of drug-likeness (QED) is 0.618. The SMILES string of the molecule is CN1CCN(c2ncc(-c3ccncc3)c(C3CCCN(Cc4ccccn4)C3)n2)CC1. The molecule has 0 bridgehead atoms. The van der Waals surface area contributed by atoms with Gasteiger partial charge in [-0.15, -0.1) is 0 Å². The summed E-state index contributed by atoms with van der Waals surface area (Å²) in [7, 11) is 2.17. The Kier molecular flexibility index (Phi) is 6.36. The lowest BCUT2D eigenvalue weighted by atomic mass is 9.90. The van der Waals surface area contributed by atoms with Crippen LogP contribution in [0.3, 0.4) is 0 Å². The molecule has 5 heterocycles. The van der Waals surface area contributed by atoms with Gasteiger partial charge in [-0.25, -0.2) is 9.97 Å². The molecule has 2 saturated heterocycles. The van der Waals surface area contributed by atoms with Gasteiger partial charge in [-0.2, -0.15) is 0 Å². The van der Waals surface area contributed by atoms with Crippen LogP contribution >= 0.6 is 0 Å². The Morgan fingerprint density at radius 3 is 2.56 bits per heavy atom. The summed E-state index contributed by atoms with van der Waals surface area (Å²) in [6.45, 7) is 7.03. The number of pyridine rings is 2. The van der Waals surface area contributed by atoms with Gasteiger partial charge in [-0.3, -0.25) is 14.9 Å². The molecule has 1 atom stereocenters. The number of piperazine rings is 1. The predicted molar refractivity (Wildman–Crippen MR) is 126 cm³/mol. The number of hydrogen-bond acceptors (Lipinski definition) is 7. The number of aromatic nitrogens is 4. The van der Waals surface area contributed by atoms with E-state index in [9.17, 15) is 0 Å². The molecule has 0 saturated carbocycles. The van der Waals surface area contributed by atoms with Crippen LogP contribution in [0.5, 0.6) is 0 Å². The summed E-state index contributed by atoms with van der Waals surface area (Å²) in [6.07, 6.45) is 9.93. The van der Waals surface area contributed by atoms with E-state index in [2.05, 4.69) is 56.0 Å². The van der Waals surface area contributed by atoms with Gasteiger partial charge in [0.2, 0.25) is 5.95 Å². The fraction of sp³-hybridized carbons (Fsp3) is 0.440. The Bertz CT molecular complexity index is 1000. The lowest BCUT2D eigenvalue weighted by Gasteiger charge is -2.35. The Hall–Kier alpha value is -2.90. The molecule has 3 aromatic heterocycles. The zero-order valence-electron chi connectivity index (χ0n) is 18.8. The van der Waals surface area contributed by atoms with Crippen molar-refractivity contribution in [3.63, 3.8) is 0 Å². The molecule has 0 aliphatic carbocycles. The largest absolute Gasteiger partial charge is 0.338 e. The molecule has 7 heteroatoms. The van der Waals surface area contributed by atoms with Crippen LogP contribution in [0.1, 0.15) is 30.1 Å². The second-order valence-electron chi connectivity index (χ2n) is 8.89. The molecule has 0 N–H and O–H groups in total. The van der Waals surface area contributed by atoms with Crippen molar-refractivity contribution in [2.75, 3.05) is 51.2 Å². The maximum atomic E-state index is 5.20. The highest BCUT2D eigenvalue weighted by Crippen LogP contribution is 2.34. The Morgan fingerprint density at radius 2 is 1.78 bits per heavy atom. The first-order valence-electron chi connectivity index (χ1n) is 11.6. The zero-order valence-corrected chi connectivity index (χ0v) is 18.8. The number of likely N-dealkylation sites (tertiary alicyclic amines) is 1. The Morgan fingerprint density at radius 1 is 0.938 bits per heavy atom. The monoisotopic (exact) mass is 429 g/mol. The molecule has 5 rings (SSSR count). The number of hydrogen-bond donors (Lipinski definition) is 0. The second-order valence-corrected chi connectivity index (χ2v) is 8.89. The first-order chi connectivity index (χ1) is 15.8. The summed E-state index contributed by atoms with van der Waals surface area (Å²) >= 11 is 0. The van der Waals surface area contributed by atoms with Crippen LogP contribution in [0.15, 0.2) is 55.1 Å². The van der Waals surface area contributed by atoms with Crippen LogP contribution in [0.25, 0.3) is 11.1 Å². The highest BCUT2D eigenvalue weighted by Gasteiger charge is 2.27. The van der Waals surface area contributed by atoms with Crippen molar-refractivity contribution in [3.8, 4) is 11.1 Å². The highest BCUT2D eigenvalue weighted by atomic mass is 15.3.